The molecule has 1 aliphatic heterocycles. The number of aliphatic hydroxyl groups excluding tert-OH is 1. The fraction of sp³-hybridized carbons (Fsp3) is 0.150. The van der Waals surface area contributed by atoms with Gasteiger partial charge in [0.1, 0.15) is 0 Å². The SMILES string of the molecule is CSc1n[nH]c(N2C(=O)C(O)=C(c3ccc(C)cc3)C2c2ccc(Cl)cc2)n1. The van der Waals surface area contributed by atoms with Gasteiger partial charge in [-0.15, -0.1) is 5.10 Å². The van der Waals surface area contributed by atoms with Gasteiger partial charge < -0.3 is 5.11 Å². The number of aromatic amines is 1. The molecule has 1 aromatic heterocycles. The zero-order valence-electron chi connectivity index (χ0n) is 15.2. The van der Waals surface area contributed by atoms with E-state index in [4.69, 9.17) is 11.6 Å². The molecule has 28 heavy (non-hydrogen) atoms. The van der Waals surface area contributed by atoms with Crippen molar-refractivity contribution in [2.24, 2.45) is 0 Å². The van der Waals surface area contributed by atoms with Crippen LogP contribution in [0.3, 0.4) is 0 Å². The van der Waals surface area contributed by atoms with Crippen molar-refractivity contribution in [3.05, 3.63) is 76.0 Å². The Hall–Kier alpha value is -2.77. The fourth-order valence-corrected chi connectivity index (χ4v) is 3.69. The highest BCUT2D eigenvalue weighted by Crippen LogP contribution is 2.44. The molecule has 6 nitrogen and oxygen atoms in total. The van der Waals surface area contributed by atoms with Gasteiger partial charge >= 0.3 is 0 Å². The van der Waals surface area contributed by atoms with E-state index in [9.17, 15) is 9.90 Å². The van der Waals surface area contributed by atoms with Crippen LogP contribution in [0.1, 0.15) is 22.7 Å². The molecule has 1 unspecified atom stereocenters. The number of H-pyrrole nitrogens is 1. The van der Waals surface area contributed by atoms with Crippen molar-refractivity contribution in [3.63, 3.8) is 0 Å². The van der Waals surface area contributed by atoms with Crippen LogP contribution in [0.4, 0.5) is 5.95 Å². The molecule has 1 atom stereocenters. The molecular weight excluding hydrogens is 396 g/mol. The summed E-state index contributed by atoms with van der Waals surface area (Å²) < 4.78 is 0. The van der Waals surface area contributed by atoms with E-state index in [1.54, 1.807) is 12.1 Å². The molecule has 0 saturated carbocycles. The monoisotopic (exact) mass is 412 g/mol. The Morgan fingerprint density at radius 2 is 1.82 bits per heavy atom. The number of benzene rings is 2. The Labute approximate surface area is 171 Å². The lowest BCUT2D eigenvalue weighted by Gasteiger charge is -2.25. The third kappa shape index (κ3) is 3.16. The van der Waals surface area contributed by atoms with E-state index < -0.39 is 11.9 Å². The Kier molecular flexibility index (Phi) is 4.87. The number of rotatable bonds is 4. The van der Waals surface area contributed by atoms with E-state index in [1.165, 1.54) is 16.7 Å². The number of carbonyl (C=O) groups is 1. The average Bonchev–Trinajstić information content (AvgIpc) is 3.27. The predicted molar refractivity (Wildman–Crippen MR) is 111 cm³/mol. The van der Waals surface area contributed by atoms with Crippen LogP contribution in [0.25, 0.3) is 5.57 Å². The highest BCUT2D eigenvalue weighted by molar-refractivity contribution is 7.98. The summed E-state index contributed by atoms with van der Waals surface area (Å²) >= 11 is 7.41. The summed E-state index contributed by atoms with van der Waals surface area (Å²) in [7, 11) is 0. The Morgan fingerprint density at radius 3 is 2.43 bits per heavy atom. The first-order valence-corrected chi connectivity index (χ1v) is 10.2. The zero-order chi connectivity index (χ0) is 19.8. The van der Waals surface area contributed by atoms with Gasteiger partial charge in [0.25, 0.3) is 5.91 Å². The summed E-state index contributed by atoms with van der Waals surface area (Å²) in [6.07, 6.45) is 1.85. The van der Waals surface area contributed by atoms with Crippen molar-refractivity contribution >= 4 is 40.8 Å². The van der Waals surface area contributed by atoms with Crippen LogP contribution in [-0.2, 0) is 4.79 Å². The minimum atomic E-state index is -0.560. The molecule has 2 N–H and O–H groups in total. The first-order chi connectivity index (χ1) is 13.5. The van der Waals surface area contributed by atoms with Crippen molar-refractivity contribution in [1.82, 2.24) is 15.2 Å². The minimum absolute atomic E-state index is 0.281. The lowest BCUT2D eigenvalue weighted by molar-refractivity contribution is -0.117. The third-order valence-corrected chi connectivity index (χ3v) is 5.42. The number of halogens is 1. The fourth-order valence-electron chi connectivity index (χ4n) is 3.25. The number of hydrogen-bond donors (Lipinski definition) is 2. The number of amides is 1. The van der Waals surface area contributed by atoms with E-state index in [0.717, 1.165) is 16.7 Å². The molecule has 2 heterocycles. The lowest BCUT2D eigenvalue weighted by atomic mass is 9.93. The molecule has 1 aliphatic rings. The van der Waals surface area contributed by atoms with Crippen LogP contribution in [0.5, 0.6) is 0 Å². The largest absolute Gasteiger partial charge is 0.503 e. The Balaban J connectivity index is 1.88. The van der Waals surface area contributed by atoms with Gasteiger partial charge in [-0.2, -0.15) is 4.98 Å². The molecular formula is C20H17ClN4O2S. The smallest absolute Gasteiger partial charge is 0.296 e. The standard InChI is InChI=1S/C20H17ClN4O2S/c1-11-3-5-12(6-4-11)15-16(13-7-9-14(21)10-8-13)25(18(27)17(15)26)19-22-20(28-2)24-23-19/h3-10,16,26H,1-2H3,(H,22,23,24). The average molecular weight is 413 g/mol. The predicted octanol–water partition coefficient (Wildman–Crippen LogP) is 4.55. The molecule has 3 aromatic rings. The summed E-state index contributed by atoms with van der Waals surface area (Å²) in [5.41, 5.74) is 3.19. The van der Waals surface area contributed by atoms with Crippen molar-refractivity contribution in [2.75, 3.05) is 11.2 Å². The molecule has 142 valence electrons. The van der Waals surface area contributed by atoms with E-state index in [0.29, 0.717) is 15.8 Å². The van der Waals surface area contributed by atoms with Gasteiger partial charge in [-0.25, -0.2) is 5.10 Å². The second kappa shape index (κ2) is 7.33. The van der Waals surface area contributed by atoms with Gasteiger partial charge in [-0.3, -0.25) is 9.69 Å². The molecule has 0 fully saturated rings. The quantitative estimate of drug-likeness (QED) is 0.614. The molecule has 0 aliphatic carbocycles. The van der Waals surface area contributed by atoms with Crippen LogP contribution in [0.2, 0.25) is 5.02 Å². The molecule has 0 bridgehead atoms. The maximum Gasteiger partial charge on any atom is 0.296 e. The Bertz CT molecular complexity index is 1060. The molecule has 0 saturated heterocycles. The summed E-state index contributed by atoms with van der Waals surface area (Å²) in [6.45, 7) is 1.99. The summed E-state index contributed by atoms with van der Waals surface area (Å²) in [6, 6.07) is 14.3. The normalized spacial score (nSPS) is 16.9. The molecule has 4 rings (SSSR count). The first-order valence-electron chi connectivity index (χ1n) is 8.55. The second-order valence-electron chi connectivity index (χ2n) is 6.40. The third-order valence-electron chi connectivity index (χ3n) is 4.62. The number of hydrogen-bond acceptors (Lipinski definition) is 5. The number of aromatic nitrogens is 3. The van der Waals surface area contributed by atoms with Gasteiger partial charge in [0, 0.05) is 10.6 Å². The first kappa shape index (κ1) is 18.6. The van der Waals surface area contributed by atoms with E-state index in [1.807, 2.05) is 49.6 Å². The summed E-state index contributed by atoms with van der Waals surface area (Å²) in [5, 5.41) is 18.8. The number of nitrogens with one attached hydrogen (secondary N) is 1. The number of aryl methyl sites for hydroxylation is 1. The Morgan fingerprint density at radius 1 is 1.14 bits per heavy atom. The summed E-state index contributed by atoms with van der Waals surface area (Å²) in [5.74, 6) is -0.548. The highest BCUT2D eigenvalue weighted by Gasteiger charge is 2.43. The minimum Gasteiger partial charge on any atom is -0.503 e. The van der Waals surface area contributed by atoms with Gasteiger partial charge in [0.15, 0.2) is 5.76 Å². The number of aliphatic hydroxyl groups is 1. The highest BCUT2D eigenvalue weighted by atomic mass is 35.5. The maximum absolute atomic E-state index is 13.0. The lowest BCUT2D eigenvalue weighted by Crippen LogP contribution is -2.31. The van der Waals surface area contributed by atoms with Crippen LogP contribution < -0.4 is 4.90 Å². The molecule has 8 heteroatoms. The number of anilines is 1. The van der Waals surface area contributed by atoms with Gasteiger partial charge in [-0.05, 0) is 36.4 Å². The van der Waals surface area contributed by atoms with E-state index in [-0.39, 0.29) is 11.7 Å². The van der Waals surface area contributed by atoms with Crippen molar-refractivity contribution in [3.8, 4) is 0 Å². The second-order valence-corrected chi connectivity index (χ2v) is 7.61. The van der Waals surface area contributed by atoms with Crippen LogP contribution in [-0.4, -0.2) is 32.5 Å². The van der Waals surface area contributed by atoms with Crippen LogP contribution in [0, 0.1) is 6.92 Å². The molecule has 2 aromatic carbocycles. The van der Waals surface area contributed by atoms with Gasteiger partial charge in [-0.1, -0.05) is 65.3 Å². The van der Waals surface area contributed by atoms with Crippen molar-refractivity contribution in [2.45, 2.75) is 18.1 Å². The molecule has 0 spiro atoms. The van der Waals surface area contributed by atoms with Crippen LogP contribution in [0.15, 0.2) is 59.4 Å². The van der Waals surface area contributed by atoms with Crippen molar-refractivity contribution < 1.29 is 9.90 Å². The molecule has 1 amide bonds. The van der Waals surface area contributed by atoms with Crippen LogP contribution >= 0.6 is 23.4 Å². The summed E-state index contributed by atoms with van der Waals surface area (Å²) in [4.78, 5) is 18.8. The van der Waals surface area contributed by atoms with Gasteiger partial charge in [0.2, 0.25) is 11.1 Å². The maximum atomic E-state index is 13.0. The van der Waals surface area contributed by atoms with E-state index in [2.05, 4.69) is 15.2 Å². The van der Waals surface area contributed by atoms with E-state index >= 15 is 0 Å². The van der Waals surface area contributed by atoms with Gasteiger partial charge in [0.05, 0.1) is 6.04 Å². The number of thioether (sulfide) groups is 1. The number of nitrogens with zero attached hydrogens (tertiary/aromatic N) is 3. The molecule has 0 radical (unpaired) electrons. The topological polar surface area (TPSA) is 82.1 Å². The number of carbonyl (C=O) groups excluding carboxylic acids is 1. The van der Waals surface area contributed by atoms with Crippen molar-refractivity contribution in [1.29, 1.82) is 0 Å². The zero-order valence-corrected chi connectivity index (χ0v) is 16.8.